The predicted molar refractivity (Wildman–Crippen MR) is 90.6 cm³/mol. The molecule has 2 aliphatic heterocycles. The minimum Gasteiger partial charge on any atom is -0.445 e. The lowest BCUT2D eigenvalue weighted by Crippen LogP contribution is -2.43. The maximum Gasteiger partial charge on any atom is 0.410 e. The fourth-order valence-electron chi connectivity index (χ4n) is 3.45. The van der Waals surface area contributed by atoms with Crippen LogP contribution in [-0.4, -0.2) is 35.8 Å². The third-order valence-electron chi connectivity index (χ3n) is 4.91. The minimum absolute atomic E-state index is 0.0719. The fourth-order valence-corrected chi connectivity index (χ4v) is 3.45. The highest BCUT2D eigenvalue weighted by Gasteiger charge is 2.59. The Morgan fingerprint density at radius 2 is 1.75 bits per heavy atom. The van der Waals surface area contributed by atoms with Gasteiger partial charge >= 0.3 is 6.09 Å². The summed E-state index contributed by atoms with van der Waals surface area (Å²) < 4.78 is 11.4. The van der Waals surface area contributed by atoms with E-state index in [4.69, 9.17) is 9.47 Å². The van der Waals surface area contributed by atoms with E-state index >= 15 is 0 Å². The number of carbonyl (C=O) groups excluding carboxylic acids is 1. The van der Waals surface area contributed by atoms with Gasteiger partial charge in [0.15, 0.2) is 0 Å². The Hall–Kier alpha value is -2.33. The van der Waals surface area contributed by atoms with E-state index < -0.39 is 0 Å². The summed E-state index contributed by atoms with van der Waals surface area (Å²) in [5.41, 5.74) is 2.22. The van der Waals surface area contributed by atoms with E-state index in [0.717, 1.165) is 18.4 Å². The van der Waals surface area contributed by atoms with Crippen molar-refractivity contribution in [3.8, 4) is 0 Å². The average molecular weight is 323 g/mol. The van der Waals surface area contributed by atoms with Crippen molar-refractivity contribution >= 4 is 6.09 Å². The Morgan fingerprint density at radius 3 is 2.42 bits per heavy atom. The summed E-state index contributed by atoms with van der Waals surface area (Å²) in [6.07, 6.45) is 1.68. The van der Waals surface area contributed by atoms with Gasteiger partial charge in [-0.15, -0.1) is 0 Å². The van der Waals surface area contributed by atoms with E-state index in [-0.39, 0.29) is 17.8 Å². The fraction of sp³-hybridized carbons (Fsp3) is 0.350. The third kappa shape index (κ3) is 3.15. The summed E-state index contributed by atoms with van der Waals surface area (Å²) in [4.78, 5) is 14.0. The molecule has 0 unspecified atom stereocenters. The monoisotopic (exact) mass is 323 g/mol. The van der Waals surface area contributed by atoms with Crippen LogP contribution >= 0.6 is 0 Å². The smallest absolute Gasteiger partial charge is 0.410 e. The molecule has 4 nitrogen and oxygen atoms in total. The van der Waals surface area contributed by atoms with Gasteiger partial charge < -0.3 is 14.4 Å². The summed E-state index contributed by atoms with van der Waals surface area (Å²) >= 11 is 0. The van der Waals surface area contributed by atoms with Gasteiger partial charge in [0.25, 0.3) is 0 Å². The first kappa shape index (κ1) is 15.2. The number of rotatable bonds is 4. The van der Waals surface area contributed by atoms with Crippen LogP contribution < -0.4 is 0 Å². The molecule has 124 valence electrons. The average Bonchev–Trinajstić information content (AvgIpc) is 3.34. The van der Waals surface area contributed by atoms with Crippen molar-refractivity contribution in [1.82, 2.24) is 4.90 Å². The van der Waals surface area contributed by atoms with Gasteiger partial charge in [-0.1, -0.05) is 60.7 Å². The number of amides is 1. The molecule has 0 saturated carbocycles. The number of piperidine rings is 1. The highest BCUT2D eigenvalue weighted by molar-refractivity contribution is 5.68. The molecule has 2 saturated heterocycles. The zero-order valence-corrected chi connectivity index (χ0v) is 13.6. The number of likely N-dealkylation sites (tertiary alicyclic amines) is 1. The van der Waals surface area contributed by atoms with E-state index in [1.165, 1.54) is 5.56 Å². The van der Waals surface area contributed by atoms with Gasteiger partial charge in [0.05, 0.1) is 6.54 Å². The Labute approximate surface area is 142 Å². The molecule has 2 aromatic rings. The van der Waals surface area contributed by atoms with Gasteiger partial charge in [-0.3, -0.25) is 0 Å². The molecule has 4 rings (SSSR count). The highest BCUT2D eigenvalue weighted by Crippen LogP contribution is 2.46. The first-order chi connectivity index (χ1) is 11.8. The van der Waals surface area contributed by atoms with Crippen LogP contribution in [0.1, 0.15) is 17.5 Å². The number of hydrogen-bond donors (Lipinski definition) is 0. The van der Waals surface area contributed by atoms with E-state index in [9.17, 15) is 4.79 Å². The summed E-state index contributed by atoms with van der Waals surface area (Å²) in [6, 6.07) is 20.2. The van der Waals surface area contributed by atoms with Gasteiger partial charge in [0, 0.05) is 13.0 Å². The second-order valence-corrected chi connectivity index (χ2v) is 6.57. The minimum atomic E-state index is -0.248. The van der Waals surface area contributed by atoms with Crippen molar-refractivity contribution in [3.05, 3.63) is 71.8 Å². The molecule has 2 aromatic carbocycles. The highest BCUT2D eigenvalue weighted by atomic mass is 16.6. The van der Waals surface area contributed by atoms with Crippen molar-refractivity contribution in [3.63, 3.8) is 0 Å². The van der Waals surface area contributed by atoms with Crippen molar-refractivity contribution in [2.75, 3.05) is 13.1 Å². The molecule has 0 radical (unpaired) electrons. The molecule has 0 N–H and O–H groups in total. The Morgan fingerprint density at radius 1 is 1.08 bits per heavy atom. The number of epoxide rings is 1. The molecule has 2 heterocycles. The Balaban J connectivity index is 1.29. The van der Waals surface area contributed by atoms with Gasteiger partial charge in [-0.05, 0) is 17.5 Å². The van der Waals surface area contributed by atoms with Crippen LogP contribution in [0.3, 0.4) is 0 Å². The summed E-state index contributed by atoms with van der Waals surface area (Å²) in [6.45, 7) is 1.63. The number of nitrogens with zero attached hydrogens (tertiary/aromatic N) is 1. The molecular weight excluding hydrogens is 302 g/mol. The Bertz CT molecular complexity index is 703. The van der Waals surface area contributed by atoms with E-state index in [2.05, 4.69) is 24.3 Å². The van der Waals surface area contributed by atoms with Crippen LogP contribution in [0, 0.1) is 0 Å². The lowest BCUT2D eigenvalue weighted by atomic mass is 9.90. The predicted octanol–water partition coefficient (Wildman–Crippen LogP) is 3.41. The van der Waals surface area contributed by atoms with E-state index in [1.807, 2.05) is 36.4 Å². The maximum absolute atomic E-state index is 12.2. The molecule has 2 atom stereocenters. The summed E-state index contributed by atoms with van der Waals surface area (Å²) in [7, 11) is 0. The van der Waals surface area contributed by atoms with E-state index in [1.54, 1.807) is 4.90 Å². The topological polar surface area (TPSA) is 42.1 Å². The molecule has 4 heteroatoms. The first-order valence-corrected chi connectivity index (χ1v) is 8.43. The van der Waals surface area contributed by atoms with Crippen LogP contribution in [0.25, 0.3) is 0 Å². The SMILES string of the molecule is O=C(OCc1ccccc1)N1CC[C@]2(Cc3ccccc3)O[C@@H]2C1. The molecule has 0 aromatic heterocycles. The van der Waals surface area contributed by atoms with Gasteiger partial charge in [0.1, 0.15) is 18.3 Å². The standard InChI is InChI=1S/C20H21NO3/c22-19(23-15-17-9-5-2-6-10-17)21-12-11-20(18(14-21)24-20)13-16-7-3-1-4-8-16/h1-10,18H,11-15H2/t18-,20-/m1/s1. The maximum atomic E-state index is 12.2. The van der Waals surface area contributed by atoms with Gasteiger partial charge in [-0.2, -0.15) is 0 Å². The number of hydrogen-bond acceptors (Lipinski definition) is 3. The molecule has 24 heavy (non-hydrogen) atoms. The lowest BCUT2D eigenvalue weighted by Gasteiger charge is -2.28. The zero-order chi connectivity index (χ0) is 16.4. The Kier molecular flexibility index (Phi) is 3.98. The zero-order valence-electron chi connectivity index (χ0n) is 13.6. The van der Waals surface area contributed by atoms with E-state index in [0.29, 0.717) is 19.7 Å². The van der Waals surface area contributed by atoms with Crippen LogP contribution in [0.2, 0.25) is 0 Å². The number of ether oxygens (including phenoxy) is 2. The van der Waals surface area contributed by atoms with Crippen LogP contribution in [-0.2, 0) is 22.5 Å². The summed E-state index contributed by atoms with van der Waals surface area (Å²) in [5.74, 6) is 0. The molecule has 2 fully saturated rings. The normalized spacial score (nSPS) is 25.0. The lowest BCUT2D eigenvalue weighted by molar-refractivity contribution is 0.0897. The van der Waals surface area contributed by atoms with Crippen molar-refractivity contribution in [2.45, 2.75) is 31.2 Å². The largest absolute Gasteiger partial charge is 0.445 e. The van der Waals surface area contributed by atoms with Crippen molar-refractivity contribution < 1.29 is 14.3 Å². The third-order valence-corrected chi connectivity index (χ3v) is 4.91. The number of fused-ring (bicyclic) bond motifs is 1. The van der Waals surface area contributed by atoms with Gasteiger partial charge in [0.2, 0.25) is 0 Å². The molecule has 2 aliphatic rings. The first-order valence-electron chi connectivity index (χ1n) is 8.43. The number of carbonyl (C=O) groups is 1. The second-order valence-electron chi connectivity index (χ2n) is 6.57. The summed E-state index contributed by atoms with van der Waals surface area (Å²) in [5, 5.41) is 0. The molecule has 1 amide bonds. The quantitative estimate of drug-likeness (QED) is 0.810. The molecule has 0 aliphatic carbocycles. The van der Waals surface area contributed by atoms with Crippen LogP contribution in [0.4, 0.5) is 4.79 Å². The molecular formula is C20H21NO3. The second kappa shape index (κ2) is 6.29. The van der Waals surface area contributed by atoms with Crippen molar-refractivity contribution in [1.29, 1.82) is 0 Å². The van der Waals surface area contributed by atoms with Gasteiger partial charge in [-0.25, -0.2) is 4.79 Å². The number of benzene rings is 2. The molecule has 0 bridgehead atoms. The van der Waals surface area contributed by atoms with Crippen molar-refractivity contribution in [2.24, 2.45) is 0 Å². The molecule has 0 spiro atoms. The van der Waals surface area contributed by atoms with Crippen LogP contribution in [0.5, 0.6) is 0 Å². The van der Waals surface area contributed by atoms with Crippen LogP contribution in [0.15, 0.2) is 60.7 Å².